The number of carbonyl (C=O) groups excluding carboxylic acids is 2. The zero-order valence-corrected chi connectivity index (χ0v) is 21.8. The molecule has 3 aromatic carbocycles. The van der Waals surface area contributed by atoms with Gasteiger partial charge in [-0.3, -0.25) is 9.59 Å². The Kier molecular flexibility index (Phi) is 9.12. The number of hydrogen-bond donors (Lipinski definition) is 1. The Hall–Kier alpha value is -3.80. The molecule has 3 rings (SSSR count). The van der Waals surface area contributed by atoms with Crippen molar-refractivity contribution in [2.24, 2.45) is 0 Å². The number of rotatable bonds is 10. The van der Waals surface area contributed by atoms with Crippen molar-refractivity contribution in [3.63, 3.8) is 0 Å². The quantitative estimate of drug-likeness (QED) is 0.447. The molecular weight excluding hydrogens is 452 g/mol. The summed E-state index contributed by atoms with van der Waals surface area (Å²) in [6, 6.07) is 24.3. The number of ether oxygens (including phenoxy) is 2. The van der Waals surface area contributed by atoms with E-state index >= 15 is 0 Å². The van der Waals surface area contributed by atoms with Crippen LogP contribution in [0.25, 0.3) is 0 Å². The molecule has 0 heterocycles. The van der Waals surface area contributed by atoms with Crippen molar-refractivity contribution < 1.29 is 19.1 Å². The summed E-state index contributed by atoms with van der Waals surface area (Å²) in [7, 11) is 3.19. The third kappa shape index (κ3) is 7.35. The van der Waals surface area contributed by atoms with Crippen LogP contribution in [-0.2, 0) is 28.0 Å². The highest BCUT2D eigenvalue weighted by molar-refractivity contribution is 5.88. The van der Waals surface area contributed by atoms with Crippen LogP contribution in [0.4, 0.5) is 0 Å². The van der Waals surface area contributed by atoms with Crippen molar-refractivity contribution in [2.75, 3.05) is 20.8 Å². The predicted octanol–water partition coefficient (Wildman–Crippen LogP) is 4.76. The van der Waals surface area contributed by atoms with Gasteiger partial charge in [-0.2, -0.15) is 0 Å². The van der Waals surface area contributed by atoms with E-state index < -0.39 is 6.04 Å². The van der Waals surface area contributed by atoms with E-state index in [4.69, 9.17) is 9.47 Å². The van der Waals surface area contributed by atoms with E-state index in [2.05, 4.69) is 26.1 Å². The third-order valence-electron chi connectivity index (χ3n) is 6.09. The minimum Gasteiger partial charge on any atom is -0.497 e. The predicted molar refractivity (Wildman–Crippen MR) is 142 cm³/mol. The highest BCUT2D eigenvalue weighted by atomic mass is 16.5. The van der Waals surface area contributed by atoms with Gasteiger partial charge in [-0.25, -0.2) is 0 Å². The monoisotopic (exact) mass is 488 g/mol. The summed E-state index contributed by atoms with van der Waals surface area (Å²) in [6.07, 6.45) is 0.385. The molecule has 36 heavy (non-hydrogen) atoms. The lowest BCUT2D eigenvalue weighted by atomic mass is 9.87. The van der Waals surface area contributed by atoms with Crippen molar-refractivity contribution in [1.82, 2.24) is 10.2 Å². The Morgan fingerprint density at radius 2 is 1.56 bits per heavy atom. The van der Waals surface area contributed by atoms with Gasteiger partial charge in [0.15, 0.2) is 6.61 Å². The second kappa shape index (κ2) is 12.2. The number of benzene rings is 3. The smallest absolute Gasteiger partial charge is 0.261 e. The number of methoxy groups -OCH3 is 1. The molecule has 190 valence electrons. The first-order chi connectivity index (χ1) is 17.2. The molecule has 0 aliphatic rings. The highest BCUT2D eigenvalue weighted by Crippen LogP contribution is 2.24. The number of likely N-dealkylation sites (N-methyl/N-ethyl adjacent to an activating group) is 1. The first-order valence-corrected chi connectivity index (χ1v) is 12.1. The summed E-state index contributed by atoms with van der Waals surface area (Å²) in [6.45, 7) is 6.51. The minimum absolute atomic E-state index is 0.0278. The molecule has 0 aromatic heterocycles. The number of hydrogen-bond acceptors (Lipinski definition) is 4. The van der Waals surface area contributed by atoms with Gasteiger partial charge in [-0.15, -0.1) is 0 Å². The van der Waals surface area contributed by atoms with Crippen LogP contribution in [-0.4, -0.2) is 43.5 Å². The van der Waals surface area contributed by atoms with E-state index in [0.29, 0.717) is 17.9 Å². The van der Waals surface area contributed by atoms with Crippen LogP contribution < -0.4 is 14.8 Å². The average molecular weight is 489 g/mol. The first kappa shape index (κ1) is 26.8. The lowest BCUT2D eigenvalue weighted by molar-refractivity contribution is -0.142. The van der Waals surface area contributed by atoms with Gasteiger partial charge in [-0.05, 0) is 46.4 Å². The van der Waals surface area contributed by atoms with E-state index in [1.54, 1.807) is 19.1 Å². The lowest BCUT2D eigenvalue weighted by Crippen LogP contribution is -2.51. The fourth-order valence-corrected chi connectivity index (χ4v) is 3.97. The normalized spacial score (nSPS) is 11.9. The summed E-state index contributed by atoms with van der Waals surface area (Å²) in [5.74, 6) is 0.791. The summed E-state index contributed by atoms with van der Waals surface area (Å²) in [5.41, 5.74) is 3.04. The van der Waals surface area contributed by atoms with Crippen LogP contribution in [0.1, 0.15) is 37.5 Å². The number of carbonyl (C=O) groups is 2. The van der Waals surface area contributed by atoms with Crippen LogP contribution in [0.5, 0.6) is 11.5 Å². The van der Waals surface area contributed by atoms with E-state index in [1.807, 2.05) is 78.9 Å². The SMILES string of the molecule is CNC(=O)[C@@H](Cc1ccccc1)N(Cc1cccc(OC)c1)C(=O)COc1ccc(C(C)(C)C)cc1. The van der Waals surface area contributed by atoms with Crippen LogP contribution in [0.2, 0.25) is 0 Å². The van der Waals surface area contributed by atoms with Crippen molar-refractivity contribution in [3.05, 3.63) is 95.6 Å². The Morgan fingerprint density at radius 3 is 2.17 bits per heavy atom. The first-order valence-electron chi connectivity index (χ1n) is 12.1. The minimum atomic E-state index is -0.706. The number of amides is 2. The molecule has 0 unspecified atom stereocenters. The van der Waals surface area contributed by atoms with Crippen molar-refractivity contribution >= 4 is 11.8 Å². The average Bonchev–Trinajstić information content (AvgIpc) is 2.89. The summed E-state index contributed by atoms with van der Waals surface area (Å²) in [5, 5.41) is 2.72. The molecule has 1 N–H and O–H groups in total. The second-order valence-electron chi connectivity index (χ2n) is 9.76. The zero-order valence-electron chi connectivity index (χ0n) is 21.8. The Morgan fingerprint density at radius 1 is 0.889 bits per heavy atom. The molecule has 0 spiro atoms. The van der Waals surface area contributed by atoms with Crippen molar-refractivity contribution in [3.8, 4) is 11.5 Å². The van der Waals surface area contributed by atoms with E-state index in [1.165, 1.54) is 5.56 Å². The second-order valence-corrected chi connectivity index (χ2v) is 9.76. The molecule has 1 atom stereocenters. The standard InChI is InChI=1S/C30H36N2O4/c1-30(2,3)24-14-16-25(17-15-24)36-21-28(33)32(20-23-12-9-13-26(18-23)35-5)27(29(34)31-4)19-22-10-7-6-8-11-22/h6-18,27H,19-21H2,1-5H3,(H,31,34)/t27-/m1/s1. The Balaban J connectivity index is 1.85. The lowest BCUT2D eigenvalue weighted by Gasteiger charge is -2.31. The molecule has 0 saturated heterocycles. The molecule has 6 nitrogen and oxygen atoms in total. The van der Waals surface area contributed by atoms with E-state index in [0.717, 1.165) is 11.1 Å². The van der Waals surface area contributed by atoms with Gasteiger partial charge in [0.05, 0.1) is 7.11 Å². The van der Waals surface area contributed by atoms with Gasteiger partial charge < -0.3 is 19.7 Å². The largest absolute Gasteiger partial charge is 0.497 e. The van der Waals surface area contributed by atoms with Gasteiger partial charge in [-0.1, -0.05) is 75.4 Å². The maximum absolute atomic E-state index is 13.5. The van der Waals surface area contributed by atoms with Crippen LogP contribution in [0.15, 0.2) is 78.9 Å². The molecule has 2 amide bonds. The fourth-order valence-electron chi connectivity index (χ4n) is 3.97. The summed E-state index contributed by atoms with van der Waals surface area (Å²) >= 11 is 0. The number of nitrogens with one attached hydrogen (secondary N) is 1. The van der Waals surface area contributed by atoms with Crippen LogP contribution in [0, 0.1) is 0 Å². The third-order valence-corrected chi connectivity index (χ3v) is 6.09. The molecule has 0 aliphatic heterocycles. The fraction of sp³-hybridized carbons (Fsp3) is 0.333. The van der Waals surface area contributed by atoms with Crippen molar-refractivity contribution in [1.29, 1.82) is 0 Å². The molecule has 0 aliphatic carbocycles. The molecular formula is C30H36N2O4. The molecule has 0 saturated carbocycles. The van der Waals surface area contributed by atoms with Crippen LogP contribution in [0.3, 0.4) is 0 Å². The molecule has 0 fully saturated rings. The summed E-state index contributed by atoms with van der Waals surface area (Å²) in [4.78, 5) is 28.1. The van der Waals surface area contributed by atoms with Crippen LogP contribution >= 0.6 is 0 Å². The van der Waals surface area contributed by atoms with Gasteiger partial charge in [0, 0.05) is 20.0 Å². The maximum atomic E-state index is 13.5. The Bertz CT molecular complexity index is 1140. The van der Waals surface area contributed by atoms with Gasteiger partial charge in [0.25, 0.3) is 5.91 Å². The highest BCUT2D eigenvalue weighted by Gasteiger charge is 2.30. The molecule has 3 aromatic rings. The number of nitrogens with zero attached hydrogens (tertiary/aromatic N) is 1. The summed E-state index contributed by atoms with van der Waals surface area (Å²) < 4.78 is 11.2. The molecule has 0 radical (unpaired) electrons. The molecule has 6 heteroatoms. The Labute approximate surface area is 214 Å². The topological polar surface area (TPSA) is 67.9 Å². The maximum Gasteiger partial charge on any atom is 0.261 e. The van der Waals surface area contributed by atoms with Gasteiger partial charge in [0.1, 0.15) is 17.5 Å². The van der Waals surface area contributed by atoms with E-state index in [-0.39, 0.29) is 30.4 Å². The zero-order chi connectivity index (χ0) is 26.1. The van der Waals surface area contributed by atoms with E-state index in [9.17, 15) is 9.59 Å². The van der Waals surface area contributed by atoms with Crippen molar-refractivity contribution in [2.45, 2.75) is 45.2 Å². The van der Waals surface area contributed by atoms with Gasteiger partial charge in [0.2, 0.25) is 5.91 Å². The molecule has 0 bridgehead atoms. The van der Waals surface area contributed by atoms with Gasteiger partial charge >= 0.3 is 0 Å².